The van der Waals surface area contributed by atoms with Crippen molar-refractivity contribution in [1.82, 2.24) is 0 Å². The van der Waals surface area contributed by atoms with Crippen LogP contribution in [-0.2, 0) is 9.84 Å². The van der Waals surface area contributed by atoms with Crippen molar-refractivity contribution in [3.8, 4) is 0 Å². The van der Waals surface area contributed by atoms with Crippen LogP contribution in [-0.4, -0.2) is 14.1 Å². The van der Waals surface area contributed by atoms with Gasteiger partial charge in [0.15, 0.2) is 0 Å². The number of hydrazone groups is 1. The van der Waals surface area contributed by atoms with Gasteiger partial charge in [0.25, 0.3) is 0 Å². The smallest absolute Gasteiger partial charge is 0.206 e. The van der Waals surface area contributed by atoms with Gasteiger partial charge >= 0.3 is 0 Å². The highest BCUT2D eigenvalue weighted by Gasteiger charge is 2.16. The Morgan fingerprint density at radius 3 is 2.15 bits per heavy atom. The van der Waals surface area contributed by atoms with Crippen molar-refractivity contribution in [2.45, 2.75) is 16.7 Å². The van der Waals surface area contributed by atoms with E-state index in [2.05, 4.69) is 10.5 Å². The molecule has 0 aliphatic carbocycles. The van der Waals surface area contributed by atoms with E-state index in [1.807, 2.05) is 0 Å². The van der Waals surface area contributed by atoms with Crippen molar-refractivity contribution in [1.29, 1.82) is 0 Å². The van der Waals surface area contributed by atoms with Crippen LogP contribution < -0.4 is 5.43 Å². The molecule has 3 aromatic rings. The summed E-state index contributed by atoms with van der Waals surface area (Å²) in [6.07, 6.45) is 0. The lowest BCUT2D eigenvalue weighted by molar-refractivity contribution is 0.581. The molecule has 0 atom stereocenters. The number of sulfone groups is 1. The van der Waals surface area contributed by atoms with Gasteiger partial charge in [0.2, 0.25) is 9.84 Å². The summed E-state index contributed by atoms with van der Waals surface area (Å²) in [5, 5.41) is 4.06. The number of nitrogens with one attached hydrogen (secondary N) is 1. The lowest BCUT2D eigenvalue weighted by atomic mass is 10.1. The molecule has 7 heteroatoms. The number of hydrogen-bond acceptors (Lipinski definition) is 4. The summed E-state index contributed by atoms with van der Waals surface area (Å²) in [7, 11) is -3.59. The molecule has 0 amide bonds. The third-order valence-electron chi connectivity index (χ3n) is 3.89. The quantitative estimate of drug-likeness (QED) is 0.514. The van der Waals surface area contributed by atoms with Crippen molar-refractivity contribution in [3.05, 3.63) is 90.0 Å². The molecule has 138 valence electrons. The zero-order valence-electron chi connectivity index (χ0n) is 14.4. The first-order valence-electron chi connectivity index (χ1n) is 8.04. The first kappa shape index (κ1) is 18.7. The Morgan fingerprint density at radius 2 is 1.52 bits per heavy atom. The molecule has 0 saturated carbocycles. The fourth-order valence-electron chi connectivity index (χ4n) is 2.44. The summed E-state index contributed by atoms with van der Waals surface area (Å²) >= 11 is 0. The van der Waals surface area contributed by atoms with Gasteiger partial charge in [-0.05, 0) is 55.5 Å². The standard InChI is InChI=1S/C20H16F2N2O2S/c1-14(19-12-7-15(21)13-20(19)22)23-24-16-8-10-18(11-9-16)27(25,26)17-5-3-2-4-6-17/h2-13,24H,1H3/b23-14+. The van der Waals surface area contributed by atoms with Crippen molar-refractivity contribution in [2.24, 2.45) is 5.10 Å². The number of rotatable bonds is 5. The SMILES string of the molecule is C/C(=N\Nc1ccc(S(=O)(=O)c2ccccc2)cc1)c1ccc(F)cc1F. The van der Waals surface area contributed by atoms with Gasteiger partial charge in [-0.1, -0.05) is 18.2 Å². The van der Waals surface area contributed by atoms with Gasteiger partial charge in [0.05, 0.1) is 21.2 Å². The average molecular weight is 386 g/mol. The first-order chi connectivity index (χ1) is 12.9. The monoisotopic (exact) mass is 386 g/mol. The zero-order valence-corrected chi connectivity index (χ0v) is 15.2. The second-order valence-corrected chi connectivity index (χ2v) is 7.72. The highest BCUT2D eigenvalue weighted by Crippen LogP contribution is 2.22. The van der Waals surface area contributed by atoms with E-state index in [1.54, 1.807) is 37.3 Å². The van der Waals surface area contributed by atoms with Crippen molar-refractivity contribution >= 4 is 21.2 Å². The van der Waals surface area contributed by atoms with E-state index in [-0.39, 0.29) is 15.4 Å². The van der Waals surface area contributed by atoms with Crippen LogP contribution in [0.3, 0.4) is 0 Å². The summed E-state index contributed by atoms with van der Waals surface area (Å²) < 4.78 is 51.8. The average Bonchev–Trinajstić information content (AvgIpc) is 2.67. The molecular formula is C20H16F2N2O2S. The molecule has 0 heterocycles. The van der Waals surface area contributed by atoms with Gasteiger partial charge in [0, 0.05) is 11.6 Å². The molecule has 0 saturated heterocycles. The summed E-state index contributed by atoms with van der Waals surface area (Å²) in [5.41, 5.74) is 3.77. The Labute approximate surface area is 156 Å². The largest absolute Gasteiger partial charge is 0.278 e. The predicted octanol–water partition coefficient (Wildman–Crippen LogP) is 4.63. The molecule has 0 radical (unpaired) electrons. The number of benzene rings is 3. The van der Waals surface area contributed by atoms with Gasteiger partial charge in [-0.25, -0.2) is 17.2 Å². The lowest BCUT2D eigenvalue weighted by Crippen LogP contribution is -2.04. The molecule has 0 fully saturated rings. The summed E-state index contributed by atoms with van der Waals surface area (Å²) in [6, 6.07) is 17.4. The van der Waals surface area contributed by atoms with Crippen molar-refractivity contribution < 1.29 is 17.2 Å². The third-order valence-corrected chi connectivity index (χ3v) is 5.68. The van der Waals surface area contributed by atoms with Gasteiger partial charge in [-0.3, -0.25) is 5.43 Å². The molecule has 1 N–H and O–H groups in total. The van der Waals surface area contributed by atoms with Crippen LogP contribution in [0.4, 0.5) is 14.5 Å². The van der Waals surface area contributed by atoms with E-state index in [0.29, 0.717) is 11.4 Å². The van der Waals surface area contributed by atoms with E-state index in [1.165, 1.54) is 30.3 Å². The molecule has 4 nitrogen and oxygen atoms in total. The topological polar surface area (TPSA) is 58.5 Å². The Hall–Kier alpha value is -3.06. The normalized spacial score (nSPS) is 12.0. The maximum Gasteiger partial charge on any atom is 0.206 e. The number of halogens is 2. The predicted molar refractivity (Wildman–Crippen MR) is 101 cm³/mol. The van der Waals surface area contributed by atoms with Crippen molar-refractivity contribution in [2.75, 3.05) is 5.43 Å². The maximum atomic E-state index is 13.8. The Balaban J connectivity index is 1.78. The molecule has 0 aromatic heterocycles. The van der Waals surface area contributed by atoms with Crippen LogP contribution >= 0.6 is 0 Å². The van der Waals surface area contributed by atoms with Crippen LogP contribution in [0.15, 0.2) is 87.7 Å². The molecule has 0 bridgehead atoms. The number of hydrogen-bond donors (Lipinski definition) is 1. The van der Waals surface area contributed by atoms with E-state index in [9.17, 15) is 17.2 Å². The summed E-state index contributed by atoms with van der Waals surface area (Å²) in [4.78, 5) is 0.371. The molecule has 3 rings (SSSR count). The molecule has 0 aliphatic heterocycles. The highest BCUT2D eigenvalue weighted by molar-refractivity contribution is 7.91. The van der Waals surface area contributed by atoms with Crippen LogP contribution in [0.25, 0.3) is 0 Å². The fourth-order valence-corrected chi connectivity index (χ4v) is 3.72. The minimum atomic E-state index is -3.59. The van der Waals surface area contributed by atoms with Crippen LogP contribution in [0.5, 0.6) is 0 Å². The lowest BCUT2D eigenvalue weighted by Gasteiger charge is -2.07. The first-order valence-corrected chi connectivity index (χ1v) is 9.52. The van der Waals surface area contributed by atoms with Crippen molar-refractivity contribution in [3.63, 3.8) is 0 Å². The van der Waals surface area contributed by atoms with Crippen LogP contribution in [0, 0.1) is 11.6 Å². The maximum absolute atomic E-state index is 13.8. The van der Waals surface area contributed by atoms with Gasteiger partial charge in [-0.15, -0.1) is 0 Å². The molecule has 0 unspecified atom stereocenters. The second kappa shape index (κ2) is 7.67. The van der Waals surface area contributed by atoms with Crippen LogP contribution in [0.1, 0.15) is 12.5 Å². The Bertz CT molecular complexity index is 1080. The number of nitrogens with zero attached hydrogens (tertiary/aromatic N) is 1. The number of anilines is 1. The molecular weight excluding hydrogens is 370 g/mol. The molecule has 3 aromatic carbocycles. The van der Waals surface area contributed by atoms with Gasteiger partial charge in [0.1, 0.15) is 11.6 Å². The summed E-state index contributed by atoms with van der Waals surface area (Å²) in [5.74, 6) is -1.37. The van der Waals surface area contributed by atoms with E-state index in [0.717, 1.165) is 12.1 Å². The third kappa shape index (κ3) is 4.20. The fraction of sp³-hybridized carbons (Fsp3) is 0.0500. The van der Waals surface area contributed by atoms with E-state index >= 15 is 0 Å². The Kier molecular flexibility index (Phi) is 5.32. The molecule has 0 spiro atoms. The molecule has 0 aliphatic rings. The minimum absolute atomic E-state index is 0.157. The van der Waals surface area contributed by atoms with Gasteiger partial charge < -0.3 is 0 Å². The van der Waals surface area contributed by atoms with E-state index < -0.39 is 21.5 Å². The second-order valence-electron chi connectivity index (χ2n) is 5.77. The summed E-state index contributed by atoms with van der Waals surface area (Å²) in [6.45, 7) is 1.58. The molecule has 27 heavy (non-hydrogen) atoms. The zero-order chi connectivity index (χ0) is 19.4. The minimum Gasteiger partial charge on any atom is -0.278 e. The Morgan fingerprint density at radius 1 is 0.889 bits per heavy atom. The van der Waals surface area contributed by atoms with Crippen LogP contribution in [0.2, 0.25) is 0 Å². The van der Waals surface area contributed by atoms with Gasteiger partial charge in [-0.2, -0.15) is 5.10 Å². The highest BCUT2D eigenvalue weighted by atomic mass is 32.2. The van der Waals surface area contributed by atoms with E-state index in [4.69, 9.17) is 0 Å².